The summed E-state index contributed by atoms with van der Waals surface area (Å²) in [6, 6.07) is 5.09. The number of aliphatic carboxylic acids is 1. The number of benzene rings is 1. The Morgan fingerprint density at radius 2 is 1.84 bits per heavy atom. The highest BCUT2D eigenvalue weighted by molar-refractivity contribution is 5.66. The Morgan fingerprint density at radius 1 is 1.12 bits per heavy atom. The van der Waals surface area contributed by atoms with Gasteiger partial charge >= 0.3 is 12.1 Å². The van der Waals surface area contributed by atoms with Crippen molar-refractivity contribution in [3.8, 4) is 0 Å². The van der Waals surface area contributed by atoms with E-state index in [4.69, 9.17) is 5.11 Å². The van der Waals surface area contributed by atoms with Crippen molar-refractivity contribution in [3.63, 3.8) is 0 Å². The van der Waals surface area contributed by atoms with Crippen LogP contribution in [0.1, 0.15) is 62.5 Å². The molecule has 0 radical (unpaired) electrons. The Balaban J connectivity index is 1.80. The lowest BCUT2D eigenvalue weighted by molar-refractivity contribution is -0.138. The molecule has 0 unspecified atom stereocenters. The third kappa shape index (κ3) is 8.56. The van der Waals surface area contributed by atoms with E-state index in [2.05, 4.69) is 0 Å². The summed E-state index contributed by atoms with van der Waals surface area (Å²) in [5, 5.41) is 39.6. The second kappa shape index (κ2) is 12.4. The second-order valence-electron chi connectivity index (χ2n) is 8.66. The van der Waals surface area contributed by atoms with Crippen molar-refractivity contribution in [1.29, 1.82) is 0 Å². The van der Waals surface area contributed by atoms with E-state index in [1.165, 1.54) is 6.07 Å². The van der Waals surface area contributed by atoms with Gasteiger partial charge in [-0.25, -0.2) is 0 Å². The maximum atomic E-state index is 12.8. The van der Waals surface area contributed by atoms with Crippen molar-refractivity contribution in [2.24, 2.45) is 11.8 Å². The van der Waals surface area contributed by atoms with Crippen LogP contribution in [0.15, 0.2) is 36.4 Å². The maximum Gasteiger partial charge on any atom is 0.416 e. The van der Waals surface area contributed by atoms with Crippen LogP contribution < -0.4 is 0 Å². The molecule has 5 nitrogen and oxygen atoms in total. The SMILES string of the molecule is O=C(O)CCCC=CC[C@@H]1[C@@H](CC[C@@H](O)CCc2cccc(C(F)(F)F)c2)[C@H](O)C[C@@H]1O. The van der Waals surface area contributed by atoms with Crippen LogP contribution in [0.4, 0.5) is 13.2 Å². The molecule has 180 valence electrons. The van der Waals surface area contributed by atoms with E-state index >= 15 is 0 Å². The van der Waals surface area contributed by atoms with Gasteiger partial charge in [0.25, 0.3) is 0 Å². The van der Waals surface area contributed by atoms with Crippen LogP contribution in [-0.2, 0) is 17.4 Å². The molecular weight excluding hydrogens is 425 g/mol. The zero-order valence-corrected chi connectivity index (χ0v) is 18.0. The smallest absolute Gasteiger partial charge is 0.416 e. The van der Waals surface area contributed by atoms with Gasteiger partial charge in [-0.1, -0.05) is 30.4 Å². The van der Waals surface area contributed by atoms with E-state index < -0.39 is 36.0 Å². The van der Waals surface area contributed by atoms with Crippen LogP contribution in [0.2, 0.25) is 0 Å². The van der Waals surface area contributed by atoms with E-state index in [1.54, 1.807) is 6.07 Å². The van der Waals surface area contributed by atoms with Gasteiger partial charge in [-0.3, -0.25) is 4.79 Å². The number of unbranched alkanes of at least 4 members (excludes halogenated alkanes) is 1. The fourth-order valence-corrected chi connectivity index (χ4v) is 4.41. The summed E-state index contributed by atoms with van der Waals surface area (Å²) in [7, 11) is 0. The standard InChI is InChI=1S/C24H33F3O5/c25-24(26,27)17-7-5-6-16(14-17)10-11-18(28)12-13-20-19(21(29)15-22(20)30)8-3-1-2-4-9-23(31)32/h1,3,5-7,14,18-22,28-30H,2,4,8-13,15H2,(H,31,32)/t18-,19+,20+,21-,22+/m0/s1. The molecule has 0 heterocycles. The molecule has 0 aliphatic heterocycles. The minimum atomic E-state index is -4.40. The first-order chi connectivity index (χ1) is 15.1. The highest BCUT2D eigenvalue weighted by Crippen LogP contribution is 2.38. The molecule has 5 atom stereocenters. The van der Waals surface area contributed by atoms with Crippen molar-refractivity contribution in [2.75, 3.05) is 0 Å². The van der Waals surface area contributed by atoms with Crippen LogP contribution >= 0.6 is 0 Å². The third-order valence-electron chi connectivity index (χ3n) is 6.21. The van der Waals surface area contributed by atoms with Gasteiger partial charge in [-0.15, -0.1) is 0 Å². The number of alkyl halides is 3. The summed E-state index contributed by atoms with van der Waals surface area (Å²) in [4.78, 5) is 10.5. The summed E-state index contributed by atoms with van der Waals surface area (Å²) >= 11 is 0. The molecule has 0 aromatic heterocycles. The number of allylic oxidation sites excluding steroid dienone is 2. The van der Waals surface area contributed by atoms with Crippen molar-refractivity contribution in [3.05, 3.63) is 47.5 Å². The predicted molar refractivity (Wildman–Crippen MR) is 114 cm³/mol. The number of aliphatic hydroxyl groups excluding tert-OH is 3. The van der Waals surface area contributed by atoms with Crippen molar-refractivity contribution >= 4 is 5.97 Å². The highest BCUT2D eigenvalue weighted by Gasteiger charge is 2.40. The Kier molecular flexibility index (Phi) is 10.2. The Bertz CT molecular complexity index is 749. The van der Waals surface area contributed by atoms with Gasteiger partial charge in [0.1, 0.15) is 0 Å². The molecular formula is C24H33F3O5. The lowest BCUT2D eigenvalue weighted by Gasteiger charge is -2.23. The molecule has 0 bridgehead atoms. The van der Waals surface area contributed by atoms with Gasteiger partial charge in [-0.05, 0) is 74.8 Å². The number of aliphatic hydroxyl groups is 3. The highest BCUT2D eigenvalue weighted by atomic mass is 19.4. The largest absolute Gasteiger partial charge is 0.481 e. The molecule has 0 saturated heterocycles. The monoisotopic (exact) mass is 458 g/mol. The molecule has 2 rings (SSSR count). The number of rotatable bonds is 12. The van der Waals surface area contributed by atoms with Gasteiger partial charge in [0.05, 0.1) is 23.9 Å². The van der Waals surface area contributed by atoms with Crippen molar-refractivity contribution < 1.29 is 38.4 Å². The van der Waals surface area contributed by atoms with Crippen LogP contribution in [0.5, 0.6) is 0 Å². The third-order valence-corrected chi connectivity index (χ3v) is 6.21. The lowest BCUT2D eigenvalue weighted by Crippen LogP contribution is -2.23. The van der Waals surface area contributed by atoms with E-state index in [0.29, 0.717) is 50.5 Å². The average molecular weight is 459 g/mol. The van der Waals surface area contributed by atoms with Crippen LogP contribution in [-0.4, -0.2) is 44.7 Å². The van der Waals surface area contributed by atoms with Gasteiger partial charge in [0, 0.05) is 6.42 Å². The zero-order chi connectivity index (χ0) is 23.7. The van der Waals surface area contributed by atoms with Crippen LogP contribution in [0, 0.1) is 11.8 Å². The van der Waals surface area contributed by atoms with E-state index in [-0.39, 0.29) is 24.7 Å². The Hall–Kier alpha value is -1.90. The van der Waals surface area contributed by atoms with Crippen LogP contribution in [0.25, 0.3) is 0 Å². The molecule has 1 aromatic rings. The first-order valence-electron chi connectivity index (χ1n) is 11.1. The number of aryl methyl sites for hydroxylation is 1. The molecule has 1 fully saturated rings. The predicted octanol–water partition coefficient (Wildman–Crippen LogP) is 4.34. The topological polar surface area (TPSA) is 98.0 Å². The number of hydrogen-bond acceptors (Lipinski definition) is 4. The summed E-state index contributed by atoms with van der Waals surface area (Å²) in [6.07, 6.45) is 1.08. The second-order valence-corrected chi connectivity index (χ2v) is 8.66. The van der Waals surface area contributed by atoms with Gasteiger partial charge in [-0.2, -0.15) is 13.2 Å². The summed E-state index contributed by atoms with van der Waals surface area (Å²) in [5.74, 6) is -1.15. The molecule has 32 heavy (non-hydrogen) atoms. The molecule has 8 heteroatoms. The Labute approximate surface area is 186 Å². The number of hydrogen-bond donors (Lipinski definition) is 4. The first kappa shape index (κ1) is 26.4. The lowest BCUT2D eigenvalue weighted by atomic mass is 9.85. The minimum Gasteiger partial charge on any atom is -0.481 e. The number of carboxylic acids is 1. The summed E-state index contributed by atoms with van der Waals surface area (Å²) in [6.45, 7) is 0. The molecule has 1 aliphatic rings. The quantitative estimate of drug-likeness (QED) is 0.276. The van der Waals surface area contributed by atoms with Gasteiger partial charge < -0.3 is 20.4 Å². The zero-order valence-electron chi connectivity index (χ0n) is 18.0. The van der Waals surface area contributed by atoms with Crippen molar-refractivity contribution in [1.82, 2.24) is 0 Å². The Morgan fingerprint density at radius 3 is 2.53 bits per heavy atom. The van der Waals surface area contributed by atoms with Crippen molar-refractivity contribution in [2.45, 2.75) is 82.3 Å². The maximum absolute atomic E-state index is 12.8. The molecule has 1 aromatic carbocycles. The molecule has 0 spiro atoms. The molecule has 1 saturated carbocycles. The molecule has 0 amide bonds. The van der Waals surface area contributed by atoms with E-state index in [9.17, 15) is 33.3 Å². The van der Waals surface area contributed by atoms with E-state index in [0.717, 1.165) is 12.1 Å². The number of halogens is 3. The van der Waals surface area contributed by atoms with Crippen LogP contribution in [0.3, 0.4) is 0 Å². The average Bonchev–Trinajstić information content (AvgIpc) is 2.99. The normalized spacial score (nSPS) is 24.8. The van der Waals surface area contributed by atoms with Gasteiger partial charge in [0.15, 0.2) is 0 Å². The minimum absolute atomic E-state index is 0.107. The number of carbonyl (C=O) groups is 1. The molecule has 1 aliphatic carbocycles. The van der Waals surface area contributed by atoms with E-state index in [1.807, 2.05) is 12.2 Å². The molecule has 4 N–H and O–H groups in total. The summed E-state index contributed by atoms with van der Waals surface area (Å²) < 4.78 is 38.5. The fourth-order valence-electron chi connectivity index (χ4n) is 4.41. The fraction of sp³-hybridized carbons (Fsp3) is 0.625. The first-order valence-corrected chi connectivity index (χ1v) is 11.1. The van der Waals surface area contributed by atoms with Gasteiger partial charge in [0.2, 0.25) is 0 Å². The summed E-state index contributed by atoms with van der Waals surface area (Å²) in [5.41, 5.74) is -0.187. The number of carboxylic acid groups (broad SMARTS) is 1.